The van der Waals surface area contributed by atoms with E-state index in [9.17, 15) is 14.9 Å². The molecule has 0 spiro atoms. The predicted octanol–water partition coefficient (Wildman–Crippen LogP) is 0.707. The molecule has 1 atom stereocenters. The minimum atomic E-state index is -0.567. The van der Waals surface area contributed by atoms with Crippen molar-refractivity contribution in [1.29, 1.82) is 5.26 Å². The largest absolute Gasteiger partial charge is 0.369 e. The van der Waals surface area contributed by atoms with E-state index in [0.717, 1.165) is 11.0 Å². The minimum Gasteiger partial charge on any atom is -0.369 e. The van der Waals surface area contributed by atoms with E-state index in [4.69, 9.17) is 0 Å². The molecule has 22 heavy (non-hydrogen) atoms. The molecular formula is C16H16N4O2. The van der Waals surface area contributed by atoms with Crippen molar-refractivity contribution in [3.63, 3.8) is 0 Å². The molecule has 1 N–H and O–H groups in total. The molecule has 0 bridgehead atoms. The van der Waals surface area contributed by atoms with Crippen molar-refractivity contribution in [2.75, 3.05) is 11.9 Å². The van der Waals surface area contributed by atoms with Crippen molar-refractivity contribution >= 4 is 5.82 Å². The summed E-state index contributed by atoms with van der Waals surface area (Å²) in [6.07, 6.45) is 0.962. The van der Waals surface area contributed by atoms with Crippen LogP contribution in [0.2, 0.25) is 0 Å². The van der Waals surface area contributed by atoms with E-state index < -0.39 is 11.2 Å². The Morgan fingerprint density at radius 2 is 2.00 bits per heavy atom. The first-order valence-electron chi connectivity index (χ1n) is 7.06. The zero-order chi connectivity index (χ0) is 15.9. The van der Waals surface area contributed by atoms with Crippen molar-refractivity contribution in [3.8, 4) is 6.07 Å². The number of nitrogens with zero attached hydrogens (tertiary/aromatic N) is 3. The molecule has 0 amide bonds. The Labute approximate surface area is 127 Å². The van der Waals surface area contributed by atoms with Crippen LogP contribution in [0.1, 0.15) is 22.6 Å². The second-order valence-corrected chi connectivity index (χ2v) is 5.52. The van der Waals surface area contributed by atoms with Gasteiger partial charge in [-0.05, 0) is 17.5 Å². The Bertz CT molecular complexity index is 902. The number of anilines is 1. The van der Waals surface area contributed by atoms with Gasteiger partial charge >= 0.3 is 5.69 Å². The summed E-state index contributed by atoms with van der Waals surface area (Å²) in [4.78, 5) is 24.0. The maximum atomic E-state index is 12.0. The molecule has 0 unspecified atom stereocenters. The molecule has 1 aliphatic carbocycles. The van der Waals surface area contributed by atoms with Crippen LogP contribution in [0.4, 0.5) is 5.82 Å². The van der Waals surface area contributed by atoms with E-state index in [1.165, 1.54) is 22.7 Å². The zero-order valence-corrected chi connectivity index (χ0v) is 12.5. The number of nitriles is 1. The highest BCUT2D eigenvalue weighted by atomic mass is 16.2. The lowest BCUT2D eigenvalue weighted by atomic mass is 9.77. The topological polar surface area (TPSA) is 79.8 Å². The fraction of sp³-hybridized carbons (Fsp3) is 0.312. The molecule has 1 aromatic carbocycles. The number of benzene rings is 1. The Hall–Kier alpha value is -2.81. The normalized spacial score (nSPS) is 15.6. The summed E-state index contributed by atoms with van der Waals surface area (Å²) < 4.78 is 2.26. The third-order valence-electron chi connectivity index (χ3n) is 4.25. The van der Waals surface area contributed by atoms with Crippen molar-refractivity contribution in [2.45, 2.75) is 12.3 Å². The average Bonchev–Trinajstić information content (AvgIpc) is 2.51. The monoisotopic (exact) mass is 296 g/mol. The molecular weight excluding hydrogens is 280 g/mol. The Balaban J connectivity index is 1.90. The standard InChI is InChI=1S/C16H16N4O2/c1-19-14(13(8-17)15(21)20(2)16(19)22)18-9-11-7-10-5-3-4-6-12(10)11/h3-6,11,18H,7,9H2,1-2H3/t11-/m0/s1. The van der Waals surface area contributed by atoms with Crippen LogP contribution in [0.15, 0.2) is 33.9 Å². The molecule has 1 aromatic heterocycles. The summed E-state index contributed by atoms with van der Waals surface area (Å²) in [6.45, 7) is 0.589. The molecule has 6 nitrogen and oxygen atoms in total. The van der Waals surface area contributed by atoms with E-state index >= 15 is 0 Å². The first-order chi connectivity index (χ1) is 10.5. The van der Waals surface area contributed by atoms with Gasteiger partial charge in [0.25, 0.3) is 5.56 Å². The summed E-state index contributed by atoms with van der Waals surface area (Å²) >= 11 is 0. The molecule has 0 radical (unpaired) electrons. The van der Waals surface area contributed by atoms with Crippen LogP contribution in [0.25, 0.3) is 0 Å². The molecule has 1 aliphatic rings. The van der Waals surface area contributed by atoms with Crippen LogP contribution in [0.5, 0.6) is 0 Å². The quantitative estimate of drug-likeness (QED) is 0.904. The Morgan fingerprint density at radius 1 is 1.27 bits per heavy atom. The maximum absolute atomic E-state index is 12.0. The lowest BCUT2D eigenvalue weighted by molar-refractivity contribution is 0.625. The van der Waals surface area contributed by atoms with Gasteiger partial charge in [-0.25, -0.2) is 4.79 Å². The number of rotatable bonds is 3. The van der Waals surface area contributed by atoms with Gasteiger partial charge in [-0.3, -0.25) is 13.9 Å². The summed E-state index contributed by atoms with van der Waals surface area (Å²) in [7, 11) is 2.93. The number of hydrogen-bond acceptors (Lipinski definition) is 4. The summed E-state index contributed by atoms with van der Waals surface area (Å²) in [6, 6.07) is 10.1. The summed E-state index contributed by atoms with van der Waals surface area (Å²) in [5, 5.41) is 12.3. The number of aromatic nitrogens is 2. The van der Waals surface area contributed by atoms with Crippen LogP contribution >= 0.6 is 0 Å². The molecule has 0 saturated carbocycles. The fourth-order valence-electron chi connectivity index (χ4n) is 2.92. The third-order valence-corrected chi connectivity index (χ3v) is 4.25. The van der Waals surface area contributed by atoms with Gasteiger partial charge in [0.2, 0.25) is 0 Å². The molecule has 1 heterocycles. The second-order valence-electron chi connectivity index (χ2n) is 5.52. The van der Waals surface area contributed by atoms with Crippen molar-refractivity contribution in [1.82, 2.24) is 9.13 Å². The Morgan fingerprint density at radius 3 is 2.68 bits per heavy atom. The highest BCUT2D eigenvalue weighted by Gasteiger charge is 2.26. The third kappa shape index (κ3) is 2.02. The van der Waals surface area contributed by atoms with Gasteiger partial charge in [-0.2, -0.15) is 5.26 Å². The van der Waals surface area contributed by atoms with E-state index in [2.05, 4.69) is 17.4 Å². The maximum Gasteiger partial charge on any atom is 0.332 e. The molecule has 6 heteroatoms. The lowest BCUT2D eigenvalue weighted by Gasteiger charge is -2.30. The first kappa shape index (κ1) is 14.1. The molecule has 0 fully saturated rings. The van der Waals surface area contributed by atoms with Gasteiger partial charge in [-0.15, -0.1) is 0 Å². The van der Waals surface area contributed by atoms with E-state index in [1.54, 1.807) is 7.05 Å². The van der Waals surface area contributed by atoms with Crippen LogP contribution < -0.4 is 16.6 Å². The molecule has 0 aliphatic heterocycles. The molecule has 3 rings (SSSR count). The van der Waals surface area contributed by atoms with Crippen LogP contribution in [0, 0.1) is 11.3 Å². The lowest BCUT2D eigenvalue weighted by Crippen LogP contribution is -2.40. The molecule has 0 saturated heterocycles. The highest BCUT2D eigenvalue weighted by molar-refractivity contribution is 5.52. The average molecular weight is 296 g/mol. The number of fused-ring (bicyclic) bond motifs is 1. The zero-order valence-electron chi connectivity index (χ0n) is 12.5. The van der Waals surface area contributed by atoms with Crippen LogP contribution in [-0.2, 0) is 20.5 Å². The summed E-state index contributed by atoms with van der Waals surface area (Å²) in [5.74, 6) is 0.627. The van der Waals surface area contributed by atoms with Gasteiger partial charge in [0, 0.05) is 26.6 Å². The van der Waals surface area contributed by atoms with E-state index in [0.29, 0.717) is 18.3 Å². The van der Waals surface area contributed by atoms with Gasteiger partial charge in [0.15, 0.2) is 5.56 Å². The highest BCUT2D eigenvalue weighted by Crippen LogP contribution is 2.34. The van der Waals surface area contributed by atoms with E-state index in [1.807, 2.05) is 18.2 Å². The first-order valence-corrected chi connectivity index (χ1v) is 7.06. The smallest absolute Gasteiger partial charge is 0.332 e. The van der Waals surface area contributed by atoms with Crippen molar-refractivity contribution in [3.05, 3.63) is 61.8 Å². The SMILES string of the molecule is Cn1c(NC[C@@H]2Cc3ccccc32)c(C#N)c(=O)n(C)c1=O. The van der Waals surface area contributed by atoms with Gasteiger partial charge in [0.05, 0.1) is 0 Å². The van der Waals surface area contributed by atoms with Crippen LogP contribution in [-0.4, -0.2) is 15.7 Å². The van der Waals surface area contributed by atoms with E-state index in [-0.39, 0.29) is 5.56 Å². The Kier molecular flexibility index (Phi) is 3.33. The van der Waals surface area contributed by atoms with Crippen LogP contribution in [0.3, 0.4) is 0 Å². The van der Waals surface area contributed by atoms with Crippen molar-refractivity contribution in [2.24, 2.45) is 14.1 Å². The molecule has 2 aromatic rings. The minimum absolute atomic E-state index is 0.0304. The second kappa shape index (κ2) is 5.19. The number of nitrogens with one attached hydrogen (secondary N) is 1. The predicted molar refractivity (Wildman–Crippen MR) is 83.0 cm³/mol. The van der Waals surface area contributed by atoms with Gasteiger partial charge in [0.1, 0.15) is 11.9 Å². The van der Waals surface area contributed by atoms with Gasteiger partial charge < -0.3 is 5.32 Å². The summed E-state index contributed by atoms with van der Waals surface area (Å²) in [5.41, 5.74) is 1.56. The van der Waals surface area contributed by atoms with Gasteiger partial charge in [-0.1, -0.05) is 24.3 Å². The molecule has 112 valence electrons. The number of hydrogen-bond donors (Lipinski definition) is 1. The van der Waals surface area contributed by atoms with Crippen molar-refractivity contribution < 1.29 is 0 Å². The fourth-order valence-corrected chi connectivity index (χ4v) is 2.92.